The molecule has 0 amide bonds. The Balaban J connectivity index is 1.88. The fourth-order valence-corrected chi connectivity index (χ4v) is 4.76. The van der Waals surface area contributed by atoms with Crippen LogP contribution >= 0.6 is 15.9 Å². The zero-order valence-electron chi connectivity index (χ0n) is 13.7. The fraction of sp³-hybridized carbons (Fsp3) is 0.300. The average molecular weight is 397 g/mol. The van der Waals surface area contributed by atoms with Crippen LogP contribution in [0.3, 0.4) is 0 Å². The summed E-state index contributed by atoms with van der Waals surface area (Å²) in [6.07, 6.45) is 1.72. The van der Waals surface area contributed by atoms with Gasteiger partial charge in [-0.15, -0.1) is 0 Å². The number of benzene rings is 2. The van der Waals surface area contributed by atoms with Gasteiger partial charge in [0.1, 0.15) is 5.82 Å². The minimum atomic E-state index is -0.229. The molecular formula is C20H17BrN2O2. The molecule has 2 aliphatic rings. The third-order valence-corrected chi connectivity index (χ3v) is 6.07. The second-order valence-electron chi connectivity index (χ2n) is 6.84. The van der Waals surface area contributed by atoms with E-state index in [-0.39, 0.29) is 11.0 Å². The van der Waals surface area contributed by atoms with Crippen molar-refractivity contribution < 1.29 is 4.74 Å². The lowest BCUT2D eigenvalue weighted by Gasteiger charge is -2.43. The number of ether oxygens (including phenoxy) is 1. The first kappa shape index (κ1) is 15.3. The fourth-order valence-electron chi connectivity index (χ4n) is 4.40. The molecule has 5 heteroatoms. The molecule has 126 valence electrons. The molecule has 4 nitrogen and oxygen atoms in total. The standard InChI is InChI=1S/C20H17BrN2O2/c21-14-5-6-17-15(11-14)18(24)22-19-20(7-9-25-10-8-20)16-4-2-1-3-13(16)12-23(17)19/h1-6,11H,7-10,12H2. The molecule has 0 aliphatic carbocycles. The highest BCUT2D eigenvalue weighted by atomic mass is 79.9. The number of nitrogens with zero attached hydrogens (tertiary/aromatic N) is 2. The molecule has 0 saturated carbocycles. The molecule has 0 radical (unpaired) electrons. The van der Waals surface area contributed by atoms with E-state index in [9.17, 15) is 4.79 Å². The van der Waals surface area contributed by atoms with Crippen molar-refractivity contribution in [1.82, 2.24) is 9.55 Å². The Bertz CT molecular complexity index is 1050. The van der Waals surface area contributed by atoms with Crippen LogP contribution in [0, 0.1) is 0 Å². The van der Waals surface area contributed by atoms with Gasteiger partial charge < -0.3 is 9.30 Å². The summed E-state index contributed by atoms with van der Waals surface area (Å²) in [6, 6.07) is 14.4. The van der Waals surface area contributed by atoms with E-state index in [2.05, 4.69) is 49.7 Å². The lowest BCUT2D eigenvalue weighted by atomic mass is 9.70. The Hall–Kier alpha value is -1.98. The van der Waals surface area contributed by atoms with Gasteiger partial charge in [0.05, 0.1) is 16.3 Å². The number of halogens is 1. The van der Waals surface area contributed by atoms with Crippen molar-refractivity contribution >= 4 is 26.8 Å². The first-order chi connectivity index (χ1) is 12.2. The largest absolute Gasteiger partial charge is 0.381 e. The average Bonchev–Trinajstić information content (AvgIpc) is 2.64. The van der Waals surface area contributed by atoms with Gasteiger partial charge in [0.2, 0.25) is 0 Å². The highest BCUT2D eigenvalue weighted by Gasteiger charge is 2.44. The maximum absolute atomic E-state index is 12.8. The smallest absolute Gasteiger partial charge is 0.280 e. The summed E-state index contributed by atoms with van der Waals surface area (Å²) < 4.78 is 8.77. The Labute approximate surface area is 153 Å². The van der Waals surface area contributed by atoms with Crippen LogP contribution in [-0.2, 0) is 16.7 Å². The second-order valence-corrected chi connectivity index (χ2v) is 7.76. The third kappa shape index (κ3) is 2.15. The third-order valence-electron chi connectivity index (χ3n) is 5.58. The predicted molar refractivity (Wildman–Crippen MR) is 100 cm³/mol. The molecule has 0 bridgehead atoms. The van der Waals surface area contributed by atoms with Gasteiger partial charge in [-0.2, -0.15) is 4.98 Å². The van der Waals surface area contributed by atoms with E-state index >= 15 is 0 Å². The monoisotopic (exact) mass is 396 g/mol. The van der Waals surface area contributed by atoms with Crippen molar-refractivity contribution in [3.8, 4) is 0 Å². The van der Waals surface area contributed by atoms with Crippen molar-refractivity contribution in [2.45, 2.75) is 24.8 Å². The molecular weight excluding hydrogens is 380 g/mol. The summed E-state index contributed by atoms with van der Waals surface area (Å²) in [7, 11) is 0. The Kier molecular flexibility index (Phi) is 3.37. The molecule has 3 heterocycles. The molecule has 1 spiro atoms. The van der Waals surface area contributed by atoms with Gasteiger partial charge in [0.15, 0.2) is 0 Å². The Morgan fingerprint density at radius 2 is 1.92 bits per heavy atom. The number of hydrogen-bond donors (Lipinski definition) is 0. The van der Waals surface area contributed by atoms with Gasteiger partial charge in [0, 0.05) is 24.2 Å². The van der Waals surface area contributed by atoms with Crippen LogP contribution in [0.15, 0.2) is 51.7 Å². The SMILES string of the molecule is O=c1nc2n(c3ccc(Br)cc13)Cc1ccccc1C21CCOCC1. The lowest BCUT2D eigenvalue weighted by Crippen LogP contribution is -2.43. The van der Waals surface area contributed by atoms with E-state index in [4.69, 9.17) is 4.74 Å². The molecule has 1 fully saturated rings. The molecule has 25 heavy (non-hydrogen) atoms. The second kappa shape index (κ2) is 5.51. The van der Waals surface area contributed by atoms with Crippen LogP contribution < -0.4 is 5.56 Å². The molecule has 3 aromatic rings. The van der Waals surface area contributed by atoms with Gasteiger partial charge in [0.25, 0.3) is 5.56 Å². The summed E-state index contributed by atoms with van der Waals surface area (Å²) in [6.45, 7) is 2.14. The minimum Gasteiger partial charge on any atom is -0.381 e. The molecule has 5 rings (SSSR count). The lowest BCUT2D eigenvalue weighted by molar-refractivity contribution is 0.0575. The maximum Gasteiger partial charge on any atom is 0.280 e. The molecule has 1 saturated heterocycles. The number of rotatable bonds is 0. The van der Waals surface area contributed by atoms with Crippen LogP contribution in [0.25, 0.3) is 10.9 Å². The summed E-state index contributed by atoms with van der Waals surface area (Å²) >= 11 is 3.47. The van der Waals surface area contributed by atoms with Gasteiger partial charge in [-0.3, -0.25) is 4.79 Å². The molecule has 1 aromatic heterocycles. The van der Waals surface area contributed by atoms with Crippen molar-refractivity contribution in [3.05, 3.63) is 74.2 Å². The number of hydrogen-bond acceptors (Lipinski definition) is 3. The van der Waals surface area contributed by atoms with Crippen LogP contribution in [0.2, 0.25) is 0 Å². The first-order valence-corrected chi connectivity index (χ1v) is 9.35. The van der Waals surface area contributed by atoms with Gasteiger partial charge in [-0.25, -0.2) is 0 Å². The van der Waals surface area contributed by atoms with Crippen LogP contribution in [0.4, 0.5) is 0 Å². The van der Waals surface area contributed by atoms with E-state index in [1.807, 2.05) is 18.2 Å². The predicted octanol–water partition coefficient (Wildman–Crippen LogP) is 3.62. The van der Waals surface area contributed by atoms with Crippen molar-refractivity contribution in [2.24, 2.45) is 0 Å². The summed E-state index contributed by atoms with van der Waals surface area (Å²) in [5.74, 6) is 0.898. The van der Waals surface area contributed by atoms with E-state index in [1.165, 1.54) is 11.1 Å². The summed E-state index contributed by atoms with van der Waals surface area (Å²) in [5.41, 5.74) is 3.20. The highest BCUT2D eigenvalue weighted by Crippen LogP contribution is 2.45. The highest BCUT2D eigenvalue weighted by molar-refractivity contribution is 9.10. The van der Waals surface area contributed by atoms with Crippen molar-refractivity contribution in [2.75, 3.05) is 13.2 Å². The Morgan fingerprint density at radius 3 is 2.76 bits per heavy atom. The Morgan fingerprint density at radius 1 is 1.12 bits per heavy atom. The van der Waals surface area contributed by atoms with E-state index in [0.717, 1.165) is 35.2 Å². The topological polar surface area (TPSA) is 44.1 Å². The normalized spacial score (nSPS) is 18.1. The van der Waals surface area contributed by atoms with Crippen LogP contribution in [0.1, 0.15) is 29.8 Å². The molecule has 2 aromatic carbocycles. The van der Waals surface area contributed by atoms with Gasteiger partial charge >= 0.3 is 0 Å². The maximum atomic E-state index is 12.8. The quantitative estimate of drug-likeness (QED) is 0.582. The summed E-state index contributed by atoms with van der Waals surface area (Å²) in [4.78, 5) is 17.4. The van der Waals surface area contributed by atoms with Crippen LogP contribution in [-0.4, -0.2) is 22.8 Å². The van der Waals surface area contributed by atoms with Gasteiger partial charge in [-0.1, -0.05) is 40.2 Å². The van der Waals surface area contributed by atoms with Gasteiger partial charge in [-0.05, 0) is 42.2 Å². The van der Waals surface area contributed by atoms with Crippen molar-refractivity contribution in [3.63, 3.8) is 0 Å². The molecule has 2 aliphatic heterocycles. The zero-order chi connectivity index (χ0) is 17.0. The molecule has 0 atom stereocenters. The van der Waals surface area contributed by atoms with Crippen molar-refractivity contribution in [1.29, 1.82) is 0 Å². The zero-order valence-corrected chi connectivity index (χ0v) is 15.3. The molecule has 0 unspecified atom stereocenters. The van der Waals surface area contributed by atoms with Crippen LogP contribution in [0.5, 0.6) is 0 Å². The first-order valence-electron chi connectivity index (χ1n) is 8.56. The van der Waals surface area contributed by atoms with E-state index < -0.39 is 0 Å². The summed E-state index contributed by atoms with van der Waals surface area (Å²) in [5, 5.41) is 0.666. The number of aromatic nitrogens is 2. The molecule has 0 N–H and O–H groups in total. The minimum absolute atomic E-state index is 0.146. The van der Waals surface area contributed by atoms with E-state index in [1.54, 1.807) is 0 Å². The number of fused-ring (bicyclic) bond motifs is 6. The van der Waals surface area contributed by atoms with E-state index in [0.29, 0.717) is 18.6 Å².